The Bertz CT molecular complexity index is 1940. The topological polar surface area (TPSA) is 116 Å². The summed E-state index contributed by atoms with van der Waals surface area (Å²) in [5, 5.41) is 0. The van der Waals surface area contributed by atoms with E-state index in [9.17, 15) is 9.59 Å². The molecule has 10 heteroatoms. The minimum absolute atomic E-state index is 0.0428. The second kappa shape index (κ2) is 12.6. The number of rotatable bonds is 4. The fourth-order valence-electron chi connectivity index (χ4n) is 7.53. The van der Waals surface area contributed by atoms with Crippen LogP contribution in [-0.2, 0) is 9.47 Å². The van der Waals surface area contributed by atoms with Crippen molar-refractivity contribution in [2.75, 3.05) is 6.54 Å². The van der Waals surface area contributed by atoms with Crippen molar-refractivity contribution >= 4 is 12.2 Å². The maximum atomic E-state index is 13.1. The number of nitrogens with zero attached hydrogens (tertiary/aromatic N) is 4. The van der Waals surface area contributed by atoms with Crippen molar-refractivity contribution in [3.05, 3.63) is 83.7 Å². The number of aromatic amines is 2. The molecule has 0 bridgehead atoms. The molecular weight excluding hydrogens is 653 g/mol. The zero-order valence-corrected chi connectivity index (χ0v) is 31.8. The Hall–Kier alpha value is -5.04. The van der Waals surface area contributed by atoms with Gasteiger partial charge in [-0.05, 0) is 107 Å². The summed E-state index contributed by atoms with van der Waals surface area (Å²) >= 11 is 0. The third kappa shape index (κ3) is 7.45. The monoisotopic (exact) mass is 702 g/mol. The molecular formula is C42H50N6O4. The third-order valence-electron chi connectivity index (χ3n) is 10.2. The van der Waals surface area contributed by atoms with Gasteiger partial charge in [0.25, 0.3) is 0 Å². The highest BCUT2D eigenvalue weighted by molar-refractivity contribution is 5.71. The summed E-state index contributed by atoms with van der Waals surface area (Å²) in [4.78, 5) is 46.2. The number of carbonyl (C=O) groups is 2. The maximum Gasteiger partial charge on any atom is 0.411 e. The van der Waals surface area contributed by atoms with Crippen molar-refractivity contribution in [2.45, 2.75) is 111 Å². The van der Waals surface area contributed by atoms with Crippen LogP contribution in [-0.4, -0.2) is 65.7 Å². The van der Waals surface area contributed by atoms with E-state index >= 15 is 0 Å². The summed E-state index contributed by atoms with van der Waals surface area (Å²) in [5.41, 5.74) is 4.55. The van der Waals surface area contributed by atoms with E-state index in [0.29, 0.717) is 6.54 Å². The number of likely N-dealkylation sites (tertiary alicyclic amines) is 2. The average molecular weight is 703 g/mol. The number of hydrogen-bond donors (Lipinski definition) is 2. The van der Waals surface area contributed by atoms with E-state index in [4.69, 9.17) is 14.5 Å². The van der Waals surface area contributed by atoms with Crippen molar-refractivity contribution in [2.24, 2.45) is 10.8 Å². The van der Waals surface area contributed by atoms with Crippen LogP contribution in [0.15, 0.2) is 60.9 Å². The number of ether oxygens (including phenoxy) is 2. The summed E-state index contributed by atoms with van der Waals surface area (Å²) in [6.07, 6.45) is 5.75. The lowest BCUT2D eigenvalue weighted by molar-refractivity contribution is 0.0172. The standard InChI is InChI=1S/C42H50N6O4/c1-39(2,3)51-37(49)47-25-41(7,8)20-32(47)35-43-23-30(45-35)28-16-12-26(13-17-28)10-11-27-14-18-29(19-15-27)31-24-44-36(46-31)33-21-42(9)22-34(42)48(33)38(50)52-40(4,5)6/h12-19,23-24,32-34H,20-22,25H2,1-9H3,(H,43,45)(H,44,46)/t32-,33-,34-,42+/m0/s1. The largest absolute Gasteiger partial charge is 0.444 e. The molecule has 2 saturated heterocycles. The van der Waals surface area contributed by atoms with E-state index < -0.39 is 11.2 Å². The first-order valence-electron chi connectivity index (χ1n) is 18.2. The van der Waals surface area contributed by atoms with Gasteiger partial charge in [0, 0.05) is 23.7 Å². The molecule has 272 valence electrons. The minimum Gasteiger partial charge on any atom is -0.444 e. The quantitative estimate of drug-likeness (QED) is 0.205. The zero-order valence-electron chi connectivity index (χ0n) is 31.8. The number of hydrogen-bond acceptors (Lipinski definition) is 6. The maximum absolute atomic E-state index is 13.1. The van der Waals surface area contributed by atoms with Gasteiger partial charge in [-0.25, -0.2) is 19.6 Å². The smallest absolute Gasteiger partial charge is 0.411 e. The first kappa shape index (κ1) is 35.4. The van der Waals surface area contributed by atoms with Crippen molar-refractivity contribution in [1.29, 1.82) is 0 Å². The van der Waals surface area contributed by atoms with Crippen molar-refractivity contribution in [1.82, 2.24) is 29.7 Å². The van der Waals surface area contributed by atoms with E-state index in [1.807, 2.05) is 107 Å². The summed E-state index contributed by atoms with van der Waals surface area (Å²) in [5.74, 6) is 8.10. The summed E-state index contributed by atoms with van der Waals surface area (Å²) in [7, 11) is 0. The molecule has 3 fully saturated rings. The van der Waals surface area contributed by atoms with E-state index in [-0.39, 0.29) is 41.1 Å². The lowest BCUT2D eigenvalue weighted by atomic mass is 9.90. The highest BCUT2D eigenvalue weighted by atomic mass is 16.6. The molecule has 1 aliphatic carbocycles. The first-order valence-corrected chi connectivity index (χ1v) is 18.2. The molecule has 2 N–H and O–H groups in total. The Balaban J connectivity index is 0.997. The van der Waals surface area contributed by atoms with E-state index in [0.717, 1.165) is 64.6 Å². The van der Waals surface area contributed by atoms with Crippen LogP contribution in [0.3, 0.4) is 0 Å². The number of aromatic nitrogens is 4. The molecule has 2 aromatic carbocycles. The molecule has 7 rings (SSSR count). The highest BCUT2D eigenvalue weighted by Crippen LogP contribution is 2.63. The molecule has 0 unspecified atom stereocenters. The zero-order chi connectivity index (χ0) is 37.2. The summed E-state index contributed by atoms with van der Waals surface area (Å²) in [6, 6.07) is 16.0. The average Bonchev–Trinajstić information content (AvgIpc) is 3.59. The van der Waals surface area contributed by atoms with Crippen LogP contribution in [0, 0.1) is 22.7 Å². The highest BCUT2D eigenvalue weighted by Gasteiger charge is 2.64. The van der Waals surface area contributed by atoms with Crippen molar-refractivity contribution in [3.63, 3.8) is 0 Å². The van der Waals surface area contributed by atoms with Gasteiger partial charge in [0.05, 0.1) is 35.9 Å². The Morgan fingerprint density at radius 2 is 1.19 bits per heavy atom. The van der Waals surface area contributed by atoms with Crippen LogP contribution in [0.4, 0.5) is 9.59 Å². The Morgan fingerprint density at radius 3 is 1.69 bits per heavy atom. The first-order chi connectivity index (χ1) is 24.4. The van der Waals surface area contributed by atoms with E-state index in [1.165, 1.54) is 0 Å². The number of H-pyrrole nitrogens is 2. The Morgan fingerprint density at radius 1 is 0.712 bits per heavy atom. The van der Waals surface area contributed by atoms with Gasteiger partial charge in [0.1, 0.15) is 22.9 Å². The van der Waals surface area contributed by atoms with Gasteiger partial charge in [0.15, 0.2) is 0 Å². The summed E-state index contributed by atoms with van der Waals surface area (Å²) in [6.45, 7) is 18.5. The molecule has 2 aromatic heterocycles. The molecule has 4 aromatic rings. The third-order valence-corrected chi connectivity index (χ3v) is 10.2. The Labute approximate surface area is 306 Å². The van der Waals surface area contributed by atoms with Gasteiger partial charge in [-0.3, -0.25) is 9.80 Å². The van der Waals surface area contributed by atoms with Crippen LogP contribution >= 0.6 is 0 Å². The van der Waals surface area contributed by atoms with Gasteiger partial charge in [0.2, 0.25) is 0 Å². The number of amides is 2. The molecule has 1 saturated carbocycles. The molecule has 4 atom stereocenters. The number of fused-ring (bicyclic) bond motifs is 1. The number of benzene rings is 2. The predicted octanol–water partition coefficient (Wildman–Crippen LogP) is 9.04. The van der Waals surface area contributed by atoms with Gasteiger partial charge in [-0.15, -0.1) is 0 Å². The SMILES string of the molecule is CC1(C)C[C@@H](c2ncc(-c3ccc(C#Cc4ccc(-c5cnc([C@@H]6C[C@]7(C)C[C@@H]7N6C(=O)OC(C)(C)C)[nH]5)cc4)cc3)[nH]2)N(C(=O)OC(C)(C)C)C1. The van der Waals surface area contributed by atoms with Crippen LogP contribution in [0.25, 0.3) is 22.5 Å². The second-order valence-corrected chi connectivity index (χ2v) is 17.7. The van der Waals surface area contributed by atoms with Crippen molar-refractivity contribution < 1.29 is 19.1 Å². The number of nitrogens with one attached hydrogen (secondary N) is 2. The fraction of sp³-hybridized carbons (Fsp3) is 0.476. The molecule has 4 heterocycles. The normalized spacial score (nSPS) is 23.5. The van der Waals surface area contributed by atoms with Crippen molar-refractivity contribution in [3.8, 4) is 34.4 Å². The second-order valence-electron chi connectivity index (χ2n) is 17.7. The van der Waals surface area contributed by atoms with Gasteiger partial charge in [-0.2, -0.15) is 0 Å². The Kier molecular flexibility index (Phi) is 8.55. The fourth-order valence-corrected chi connectivity index (χ4v) is 7.53. The lowest BCUT2D eigenvalue weighted by Crippen LogP contribution is -2.38. The van der Waals surface area contributed by atoms with E-state index in [1.54, 1.807) is 4.90 Å². The van der Waals surface area contributed by atoms with E-state index in [2.05, 4.69) is 47.6 Å². The minimum atomic E-state index is -0.564. The molecule has 10 nitrogen and oxygen atoms in total. The van der Waals surface area contributed by atoms with Gasteiger partial charge < -0.3 is 19.4 Å². The molecule has 3 aliphatic rings. The lowest BCUT2D eigenvalue weighted by Gasteiger charge is -2.29. The van der Waals surface area contributed by atoms with Crippen LogP contribution in [0.1, 0.15) is 116 Å². The molecule has 2 aliphatic heterocycles. The number of piperidine rings is 1. The molecule has 0 spiro atoms. The van der Waals surface area contributed by atoms with Crippen LogP contribution < -0.4 is 0 Å². The van der Waals surface area contributed by atoms with Gasteiger partial charge in [-0.1, -0.05) is 56.9 Å². The van der Waals surface area contributed by atoms with Crippen LogP contribution in [0.2, 0.25) is 0 Å². The molecule has 0 radical (unpaired) electrons. The van der Waals surface area contributed by atoms with Crippen LogP contribution in [0.5, 0.6) is 0 Å². The molecule has 52 heavy (non-hydrogen) atoms. The van der Waals surface area contributed by atoms with Gasteiger partial charge >= 0.3 is 12.2 Å². The summed E-state index contributed by atoms with van der Waals surface area (Å²) < 4.78 is 11.5. The number of carbonyl (C=O) groups excluding carboxylic acids is 2. The number of imidazole rings is 2. The predicted molar refractivity (Wildman–Crippen MR) is 200 cm³/mol. The molecule has 2 amide bonds.